The normalized spacial score (nSPS) is 22.8. The van der Waals surface area contributed by atoms with Gasteiger partial charge < -0.3 is 18.7 Å². The first kappa shape index (κ1) is 12.3. The first-order valence-corrected chi connectivity index (χ1v) is 6.82. The molecule has 1 aromatic carbocycles. The van der Waals surface area contributed by atoms with Crippen LogP contribution in [0.1, 0.15) is 12.5 Å². The number of nitrogens with zero attached hydrogens (tertiary/aromatic N) is 1. The fourth-order valence-corrected chi connectivity index (χ4v) is 2.74. The van der Waals surface area contributed by atoms with Crippen LogP contribution in [-0.2, 0) is 14.4 Å². The molecule has 4 rings (SSSR count). The van der Waals surface area contributed by atoms with Crippen LogP contribution in [0.2, 0.25) is 0 Å². The molecule has 0 saturated heterocycles. The summed E-state index contributed by atoms with van der Waals surface area (Å²) in [5, 5.41) is 5.04. The van der Waals surface area contributed by atoms with Gasteiger partial charge in [-0.2, -0.15) is 0 Å². The Balaban J connectivity index is 1.72. The van der Waals surface area contributed by atoms with Crippen molar-refractivity contribution in [2.75, 3.05) is 13.2 Å². The van der Waals surface area contributed by atoms with E-state index in [9.17, 15) is 4.79 Å². The van der Waals surface area contributed by atoms with Crippen LogP contribution in [-0.4, -0.2) is 31.0 Å². The molecule has 0 saturated carbocycles. The van der Waals surface area contributed by atoms with Gasteiger partial charge in [0.05, 0.1) is 18.8 Å². The van der Waals surface area contributed by atoms with Crippen molar-refractivity contribution in [3.05, 3.63) is 30.0 Å². The van der Waals surface area contributed by atoms with E-state index in [4.69, 9.17) is 18.7 Å². The standard InChI is InChI=1S/C15H13NO5/c1-2-18-15(17)14-10-7-20-12-6-11-8(3-4-19-11)5-9(12)13(10)16-21-14/h3-6,10,14H,2,7H2,1H3. The van der Waals surface area contributed by atoms with E-state index in [0.29, 0.717) is 19.0 Å². The summed E-state index contributed by atoms with van der Waals surface area (Å²) in [6, 6.07) is 5.65. The Kier molecular flexibility index (Phi) is 2.63. The Bertz CT molecular complexity index is 748. The van der Waals surface area contributed by atoms with Gasteiger partial charge in [-0.15, -0.1) is 0 Å². The summed E-state index contributed by atoms with van der Waals surface area (Å²) in [6.07, 6.45) is 0.898. The van der Waals surface area contributed by atoms with Gasteiger partial charge >= 0.3 is 5.97 Å². The second-order valence-corrected chi connectivity index (χ2v) is 4.98. The summed E-state index contributed by atoms with van der Waals surface area (Å²) < 4.78 is 16.1. The predicted octanol–water partition coefficient (Wildman–Crippen LogP) is 2.11. The number of esters is 1. The molecule has 0 aliphatic carbocycles. The Morgan fingerprint density at radius 2 is 2.38 bits per heavy atom. The minimum absolute atomic E-state index is 0.235. The molecular weight excluding hydrogens is 274 g/mol. The maximum atomic E-state index is 11.9. The second-order valence-electron chi connectivity index (χ2n) is 4.98. The lowest BCUT2D eigenvalue weighted by atomic mass is 9.90. The van der Waals surface area contributed by atoms with Crippen molar-refractivity contribution in [3.63, 3.8) is 0 Å². The number of fused-ring (bicyclic) bond motifs is 4. The van der Waals surface area contributed by atoms with Gasteiger partial charge in [0.25, 0.3) is 0 Å². The van der Waals surface area contributed by atoms with Crippen LogP contribution < -0.4 is 4.74 Å². The average molecular weight is 287 g/mol. The molecule has 1 aromatic heterocycles. The number of ether oxygens (including phenoxy) is 2. The smallest absolute Gasteiger partial charge is 0.351 e. The number of carbonyl (C=O) groups is 1. The van der Waals surface area contributed by atoms with E-state index in [1.807, 2.05) is 18.2 Å². The lowest BCUT2D eigenvalue weighted by Crippen LogP contribution is -2.39. The molecule has 2 aromatic rings. The van der Waals surface area contributed by atoms with Crippen LogP contribution in [0.5, 0.6) is 5.75 Å². The molecule has 2 aliphatic rings. The Labute approximate surface area is 120 Å². The molecule has 2 atom stereocenters. The van der Waals surface area contributed by atoms with Gasteiger partial charge in [0.2, 0.25) is 6.10 Å². The molecule has 2 aliphatic heterocycles. The molecule has 0 fully saturated rings. The summed E-state index contributed by atoms with van der Waals surface area (Å²) in [5.41, 5.74) is 2.33. The topological polar surface area (TPSA) is 70.3 Å². The molecular formula is C15H13NO5. The number of rotatable bonds is 2. The van der Waals surface area contributed by atoms with Gasteiger partial charge in [-0.05, 0) is 19.1 Å². The van der Waals surface area contributed by atoms with Crippen molar-refractivity contribution in [3.8, 4) is 5.75 Å². The summed E-state index contributed by atoms with van der Waals surface area (Å²) in [7, 11) is 0. The molecule has 0 radical (unpaired) electrons. The van der Waals surface area contributed by atoms with Gasteiger partial charge in [0, 0.05) is 17.0 Å². The van der Waals surface area contributed by atoms with E-state index >= 15 is 0 Å². The van der Waals surface area contributed by atoms with Gasteiger partial charge in [0.1, 0.15) is 23.7 Å². The van der Waals surface area contributed by atoms with E-state index in [0.717, 1.165) is 22.2 Å². The molecule has 2 unspecified atom stereocenters. The number of carbonyl (C=O) groups excluding carboxylic acids is 1. The van der Waals surface area contributed by atoms with E-state index in [1.54, 1.807) is 13.2 Å². The highest BCUT2D eigenvalue weighted by molar-refractivity contribution is 6.10. The SMILES string of the molecule is CCOC(=O)C1ON=C2c3cc4ccoc4cc3OCC21. The Morgan fingerprint density at radius 3 is 3.24 bits per heavy atom. The summed E-state index contributed by atoms with van der Waals surface area (Å²) in [6.45, 7) is 2.41. The zero-order valence-electron chi connectivity index (χ0n) is 11.4. The van der Waals surface area contributed by atoms with Crippen molar-refractivity contribution in [1.82, 2.24) is 0 Å². The highest BCUT2D eigenvalue weighted by Gasteiger charge is 2.44. The molecule has 21 heavy (non-hydrogen) atoms. The van der Waals surface area contributed by atoms with E-state index < -0.39 is 12.1 Å². The van der Waals surface area contributed by atoms with Gasteiger partial charge in [0.15, 0.2) is 0 Å². The Morgan fingerprint density at radius 1 is 1.48 bits per heavy atom. The van der Waals surface area contributed by atoms with E-state index in [2.05, 4.69) is 5.16 Å². The van der Waals surface area contributed by atoms with Crippen LogP contribution in [0.3, 0.4) is 0 Å². The number of furan rings is 1. The molecule has 0 amide bonds. The fourth-order valence-electron chi connectivity index (χ4n) is 2.74. The predicted molar refractivity (Wildman–Crippen MR) is 73.2 cm³/mol. The molecule has 6 nitrogen and oxygen atoms in total. The number of benzene rings is 1. The first-order chi connectivity index (χ1) is 10.3. The van der Waals surface area contributed by atoms with Crippen LogP contribution >= 0.6 is 0 Å². The fraction of sp³-hybridized carbons (Fsp3) is 0.333. The number of oxime groups is 1. The van der Waals surface area contributed by atoms with Gasteiger partial charge in [-0.3, -0.25) is 0 Å². The van der Waals surface area contributed by atoms with Gasteiger partial charge in [-0.1, -0.05) is 5.16 Å². The quantitative estimate of drug-likeness (QED) is 0.791. The molecule has 6 heteroatoms. The van der Waals surface area contributed by atoms with Crippen LogP contribution in [0, 0.1) is 5.92 Å². The molecule has 3 heterocycles. The van der Waals surface area contributed by atoms with Crippen molar-refractivity contribution in [2.45, 2.75) is 13.0 Å². The van der Waals surface area contributed by atoms with Crippen LogP contribution in [0.25, 0.3) is 11.0 Å². The molecule has 0 N–H and O–H groups in total. The van der Waals surface area contributed by atoms with E-state index in [-0.39, 0.29) is 5.92 Å². The van der Waals surface area contributed by atoms with Crippen LogP contribution in [0.15, 0.2) is 34.0 Å². The minimum atomic E-state index is -0.729. The summed E-state index contributed by atoms with van der Waals surface area (Å²) in [5.74, 6) is 0.0548. The van der Waals surface area contributed by atoms with Crippen molar-refractivity contribution in [2.24, 2.45) is 11.1 Å². The Hall–Kier alpha value is -2.50. The van der Waals surface area contributed by atoms with Crippen molar-refractivity contribution < 1.29 is 23.5 Å². The molecule has 0 spiro atoms. The van der Waals surface area contributed by atoms with Crippen molar-refractivity contribution in [1.29, 1.82) is 0 Å². The number of hydrogen-bond acceptors (Lipinski definition) is 6. The highest BCUT2D eigenvalue weighted by atomic mass is 16.7. The maximum Gasteiger partial charge on any atom is 0.351 e. The first-order valence-electron chi connectivity index (χ1n) is 6.82. The monoisotopic (exact) mass is 287 g/mol. The zero-order chi connectivity index (χ0) is 14.4. The third-order valence-corrected chi connectivity index (χ3v) is 3.75. The van der Waals surface area contributed by atoms with E-state index in [1.165, 1.54) is 0 Å². The average Bonchev–Trinajstić information content (AvgIpc) is 3.11. The summed E-state index contributed by atoms with van der Waals surface area (Å²) in [4.78, 5) is 17.2. The number of hydrogen-bond donors (Lipinski definition) is 0. The molecule has 0 bridgehead atoms. The third kappa shape index (κ3) is 1.79. The second kappa shape index (κ2) is 4.51. The maximum absolute atomic E-state index is 11.9. The lowest BCUT2D eigenvalue weighted by Gasteiger charge is -2.24. The largest absolute Gasteiger partial charge is 0.492 e. The molecule has 108 valence electrons. The lowest BCUT2D eigenvalue weighted by molar-refractivity contribution is -0.157. The van der Waals surface area contributed by atoms with Crippen LogP contribution in [0.4, 0.5) is 0 Å². The third-order valence-electron chi connectivity index (χ3n) is 3.75. The summed E-state index contributed by atoms with van der Waals surface area (Å²) >= 11 is 0. The minimum Gasteiger partial charge on any atom is -0.492 e. The van der Waals surface area contributed by atoms with Crippen molar-refractivity contribution >= 4 is 22.7 Å². The highest BCUT2D eigenvalue weighted by Crippen LogP contribution is 2.37. The zero-order valence-corrected chi connectivity index (χ0v) is 11.4. The van der Waals surface area contributed by atoms with Gasteiger partial charge in [-0.25, -0.2) is 4.79 Å².